The van der Waals surface area contributed by atoms with Crippen molar-refractivity contribution < 1.29 is 0 Å². The van der Waals surface area contributed by atoms with E-state index in [0.717, 1.165) is 50.3 Å². The van der Waals surface area contributed by atoms with Crippen LogP contribution in [0.3, 0.4) is 0 Å². The normalized spacial score (nSPS) is 12.0. The first-order chi connectivity index (χ1) is 29.7. The zero-order valence-electron chi connectivity index (χ0n) is 32.3. The second kappa shape index (κ2) is 12.9. The summed E-state index contributed by atoms with van der Waals surface area (Å²) >= 11 is 1.83. The Bertz CT molecular complexity index is 3900. The lowest BCUT2D eigenvalue weighted by atomic mass is 9.94. The molecule has 0 unspecified atom stereocenters. The van der Waals surface area contributed by atoms with E-state index in [-0.39, 0.29) is 0 Å². The van der Waals surface area contributed by atoms with Gasteiger partial charge in [-0.2, -0.15) is 0 Å². The molecule has 278 valence electrons. The Hall–Kier alpha value is -7.66. The van der Waals surface area contributed by atoms with Crippen LogP contribution in [0.2, 0.25) is 0 Å². The van der Waals surface area contributed by atoms with Gasteiger partial charge in [0.1, 0.15) is 5.69 Å². The molecule has 0 atom stereocenters. The van der Waals surface area contributed by atoms with Gasteiger partial charge in [0.2, 0.25) is 0 Å². The molecule has 0 amide bonds. The van der Waals surface area contributed by atoms with E-state index in [1.165, 1.54) is 74.4 Å². The number of hydrogen-bond acceptors (Lipinski definition) is 3. The molecule has 60 heavy (non-hydrogen) atoms. The molecular formula is C56H33N3S. The molecule has 4 heteroatoms. The predicted octanol–water partition coefficient (Wildman–Crippen LogP) is 15.6. The Balaban J connectivity index is 1.14. The van der Waals surface area contributed by atoms with E-state index in [2.05, 4.69) is 205 Å². The molecular weight excluding hydrogens is 747 g/mol. The van der Waals surface area contributed by atoms with Crippen molar-refractivity contribution in [1.82, 2.24) is 14.5 Å². The lowest BCUT2D eigenvalue weighted by molar-refractivity contribution is 1.08. The standard InChI is InChI=1S/C56H33N3S/c1-2-11-34(12-3-1)39-26-28-48-49(31-39)58-56(55(57-48)41-25-27-45-44-17-8-9-20-52(44)60-53(45)33-41)59-50-19-10-18-43(54(50)47-29-37-14-4-5-15-38(37)32-51(47)59)40-24-23-36-22-21-35-13-6-7-16-42(35)46(36)30-40/h1-33H. The van der Waals surface area contributed by atoms with Crippen molar-refractivity contribution in [1.29, 1.82) is 0 Å². The zero-order chi connectivity index (χ0) is 39.3. The van der Waals surface area contributed by atoms with E-state index in [4.69, 9.17) is 9.97 Å². The Morgan fingerprint density at radius 1 is 0.350 bits per heavy atom. The number of thiophene rings is 1. The lowest BCUT2D eigenvalue weighted by Gasteiger charge is -2.15. The highest BCUT2D eigenvalue weighted by Gasteiger charge is 2.23. The molecule has 3 aromatic heterocycles. The number of fused-ring (bicyclic) bond motifs is 11. The highest BCUT2D eigenvalue weighted by molar-refractivity contribution is 7.25. The molecule has 0 bridgehead atoms. The quantitative estimate of drug-likeness (QED) is 0.167. The fourth-order valence-corrected chi connectivity index (χ4v) is 10.6. The Morgan fingerprint density at radius 3 is 1.93 bits per heavy atom. The highest BCUT2D eigenvalue weighted by Crippen LogP contribution is 2.44. The monoisotopic (exact) mass is 779 g/mol. The minimum absolute atomic E-state index is 0.810. The number of rotatable bonds is 4. The van der Waals surface area contributed by atoms with E-state index >= 15 is 0 Å². The van der Waals surface area contributed by atoms with Crippen LogP contribution in [-0.2, 0) is 0 Å². The topological polar surface area (TPSA) is 30.7 Å². The van der Waals surface area contributed by atoms with Crippen LogP contribution in [0.25, 0.3) is 125 Å². The number of aromatic nitrogens is 3. The van der Waals surface area contributed by atoms with Gasteiger partial charge in [-0.1, -0.05) is 152 Å². The molecule has 13 aromatic rings. The van der Waals surface area contributed by atoms with E-state index in [1.54, 1.807) is 0 Å². The Labute approximate surface area is 349 Å². The average Bonchev–Trinajstić information content (AvgIpc) is 3.85. The van der Waals surface area contributed by atoms with Crippen molar-refractivity contribution in [2.45, 2.75) is 0 Å². The minimum atomic E-state index is 0.810. The number of hydrogen-bond donors (Lipinski definition) is 0. The number of benzene rings is 10. The molecule has 0 N–H and O–H groups in total. The highest BCUT2D eigenvalue weighted by atomic mass is 32.1. The first kappa shape index (κ1) is 33.3. The molecule has 0 fully saturated rings. The first-order valence-corrected chi connectivity index (χ1v) is 21.2. The summed E-state index contributed by atoms with van der Waals surface area (Å²) in [6.07, 6.45) is 0. The summed E-state index contributed by atoms with van der Waals surface area (Å²) < 4.78 is 4.90. The summed E-state index contributed by atoms with van der Waals surface area (Å²) in [5.74, 6) is 0.810. The summed E-state index contributed by atoms with van der Waals surface area (Å²) in [5.41, 5.74) is 10.4. The van der Waals surface area contributed by atoms with E-state index < -0.39 is 0 Å². The van der Waals surface area contributed by atoms with Gasteiger partial charge in [-0.15, -0.1) is 11.3 Å². The molecule has 0 spiro atoms. The van der Waals surface area contributed by atoms with Gasteiger partial charge >= 0.3 is 0 Å². The number of nitrogens with zero attached hydrogens (tertiary/aromatic N) is 3. The van der Waals surface area contributed by atoms with Crippen LogP contribution < -0.4 is 0 Å². The fourth-order valence-electron chi connectivity index (χ4n) is 9.47. The fraction of sp³-hybridized carbons (Fsp3) is 0. The van der Waals surface area contributed by atoms with Crippen LogP contribution in [-0.4, -0.2) is 14.5 Å². The van der Waals surface area contributed by atoms with Crippen molar-refractivity contribution >= 4 is 96.7 Å². The van der Waals surface area contributed by atoms with Crippen LogP contribution in [0.4, 0.5) is 0 Å². The largest absolute Gasteiger partial charge is 0.292 e. The lowest BCUT2D eigenvalue weighted by Crippen LogP contribution is -2.04. The second-order valence-corrected chi connectivity index (χ2v) is 16.8. The second-order valence-electron chi connectivity index (χ2n) is 15.7. The molecule has 10 aromatic carbocycles. The van der Waals surface area contributed by atoms with Gasteiger partial charge in [0, 0.05) is 36.5 Å². The van der Waals surface area contributed by atoms with Crippen molar-refractivity contribution in [3.05, 3.63) is 200 Å². The van der Waals surface area contributed by atoms with Gasteiger partial charge < -0.3 is 0 Å². The molecule has 3 nitrogen and oxygen atoms in total. The minimum Gasteiger partial charge on any atom is -0.292 e. The molecule has 3 heterocycles. The first-order valence-electron chi connectivity index (χ1n) is 20.4. The van der Waals surface area contributed by atoms with Crippen molar-refractivity contribution in [2.75, 3.05) is 0 Å². The average molecular weight is 780 g/mol. The van der Waals surface area contributed by atoms with Crippen LogP contribution >= 0.6 is 11.3 Å². The van der Waals surface area contributed by atoms with E-state index in [9.17, 15) is 0 Å². The maximum atomic E-state index is 5.66. The van der Waals surface area contributed by atoms with Gasteiger partial charge in [0.25, 0.3) is 0 Å². The van der Waals surface area contributed by atoms with Gasteiger partial charge in [0.05, 0.1) is 22.1 Å². The summed E-state index contributed by atoms with van der Waals surface area (Å²) in [7, 11) is 0. The Morgan fingerprint density at radius 2 is 1.05 bits per heavy atom. The van der Waals surface area contributed by atoms with Gasteiger partial charge in [-0.3, -0.25) is 4.57 Å². The SMILES string of the molecule is c1ccc(-c2ccc3nc(-c4ccc5c(c4)sc4ccccc45)c(-n4c5cc6ccccc6cc5c5c(-c6ccc7ccc8ccccc8c7c6)cccc54)nc3c2)cc1. The van der Waals surface area contributed by atoms with Crippen LogP contribution in [0, 0.1) is 0 Å². The third-order valence-corrected chi connectivity index (χ3v) is 13.5. The van der Waals surface area contributed by atoms with Gasteiger partial charge in [0.15, 0.2) is 5.82 Å². The predicted molar refractivity (Wildman–Crippen MR) is 256 cm³/mol. The van der Waals surface area contributed by atoms with Crippen LogP contribution in [0.15, 0.2) is 200 Å². The smallest absolute Gasteiger partial charge is 0.165 e. The summed E-state index contributed by atoms with van der Waals surface area (Å²) in [6, 6.07) is 72.7. The summed E-state index contributed by atoms with van der Waals surface area (Å²) in [4.78, 5) is 11.2. The third-order valence-electron chi connectivity index (χ3n) is 12.3. The molecule has 0 saturated heterocycles. The van der Waals surface area contributed by atoms with Crippen molar-refractivity contribution in [2.24, 2.45) is 0 Å². The molecule has 0 radical (unpaired) electrons. The molecule has 0 aliphatic rings. The molecule has 0 aliphatic heterocycles. The van der Waals surface area contributed by atoms with Crippen LogP contribution in [0.1, 0.15) is 0 Å². The van der Waals surface area contributed by atoms with Crippen molar-refractivity contribution in [3.63, 3.8) is 0 Å². The summed E-state index contributed by atoms with van der Waals surface area (Å²) in [6.45, 7) is 0. The molecule has 0 saturated carbocycles. The van der Waals surface area contributed by atoms with Crippen molar-refractivity contribution in [3.8, 4) is 39.3 Å². The molecule has 0 aliphatic carbocycles. The summed E-state index contributed by atoms with van der Waals surface area (Å²) in [5, 5.41) is 12.3. The molecule has 13 rings (SSSR count). The van der Waals surface area contributed by atoms with Gasteiger partial charge in [-0.05, 0) is 103 Å². The van der Waals surface area contributed by atoms with Gasteiger partial charge in [-0.25, -0.2) is 9.97 Å². The maximum absolute atomic E-state index is 5.66. The zero-order valence-corrected chi connectivity index (χ0v) is 33.1. The van der Waals surface area contributed by atoms with E-state index in [0.29, 0.717) is 0 Å². The third kappa shape index (κ3) is 5.08. The van der Waals surface area contributed by atoms with E-state index in [1.807, 2.05) is 11.3 Å². The Kier molecular flexibility index (Phi) is 7.18. The van der Waals surface area contributed by atoms with Crippen LogP contribution in [0.5, 0.6) is 0 Å². The maximum Gasteiger partial charge on any atom is 0.165 e.